The number of nitrogens with zero attached hydrogens (tertiary/aromatic N) is 4. The number of benzene rings is 2. The van der Waals surface area contributed by atoms with Crippen molar-refractivity contribution in [1.82, 2.24) is 29.9 Å². The summed E-state index contributed by atoms with van der Waals surface area (Å²) in [6, 6.07) is 13.3. The van der Waals surface area contributed by atoms with Crippen molar-refractivity contribution >= 4 is 55.2 Å². The van der Waals surface area contributed by atoms with Crippen LogP contribution in [-0.2, 0) is 37.2 Å². The molecule has 2 aliphatic heterocycles. The smallest absolute Gasteiger partial charge is 0.259 e. The molecule has 5 atom stereocenters. The fraction of sp³-hybridized carbons (Fsp3) is 0.524. The fourth-order valence-electron chi connectivity index (χ4n) is 8.11. The highest BCUT2D eigenvalue weighted by Gasteiger charge is 2.67. The Labute approximate surface area is 346 Å². The van der Waals surface area contributed by atoms with Crippen molar-refractivity contribution in [2.24, 2.45) is 11.3 Å². The number of para-hydroxylation sites is 2. The first-order valence-corrected chi connectivity index (χ1v) is 22.7. The number of carbonyl (C=O) groups excluding carboxylic acids is 3. The number of carbonyl (C=O) groups is 3. The summed E-state index contributed by atoms with van der Waals surface area (Å²) in [6.07, 6.45) is 2.04. The van der Waals surface area contributed by atoms with Crippen molar-refractivity contribution in [1.29, 1.82) is 0 Å². The molecule has 4 aliphatic rings. The Morgan fingerprint density at radius 1 is 1.00 bits per heavy atom. The van der Waals surface area contributed by atoms with Crippen molar-refractivity contribution in [2.75, 3.05) is 11.9 Å². The number of amides is 3. The molecule has 0 spiro atoms. The number of halogens is 2. The lowest BCUT2D eigenvalue weighted by atomic mass is 9.85. The van der Waals surface area contributed by atoms with Crippen LogP contribution in [0.15, 0.2) is 53.9 Å². The van der Waals surface area contributed by atoms with Crippen molar-refractivity contribution < 1.29 is 36.3 Å². The molecule has 59 heavy (non-hydrogen) atoms. The van der Waals surface area contributed by atoms with E-state index in [1.54, 1.807) is 0 Å². The molecule has 3 amide bonds. The van der Waals surface area contributed by atoms with E-state index < -0.39 is 80.9 Å². The van der Waals surface area contributed by atoms with E-state index in [1.165, 1.54) is 16.2 Å². The molecule has 314 valence electrons. The maximum absolute atomic E-state index is 14.9. The van der Waals surface area contributed by atoms with Crippen molar-refractivity contribution in [3.63, 3.8) is 0 Å². The highest BCUT2D eigenvalue weighted by atomic mass is 32.2. The Kier molecular flexibility index (Phi) is 11.1. The fourth-order valence-corrected chi connectivity index (χ4v) is 10.3. The minimum atomic E-state index is -4.11. The number of alkyl halides is 2. The Balaban J connectivity index is 1.17. The van der Waals surface area contributed by atoms with Crippen LogP contribution >= 0.6 is 11.3 Å². The van der Waals surface area contributed by atoms with Crippen LogP contribution in [0.4, 0.5) is 13.9 Å². The molecule has 4 aromatic rings. The average Bonchev–Trinajstić information content (AvgIpc) is 4.09. The molecule has 8 rings (SSSR count). The molecule has 3 fully saturated rings. The molecule has 2 saturated carbocycles. The number of hydrogen-bond donors (Lipinski definition) is 3. The summed E-state index contributed by atoms with van der Waals surface area (Å²) in [4.78, 5) is 58.9. The molecule has 0 radical (unpaired) electrons. The summed E-state index contributed by atoms with van der Waals surface area (Å²) >= 11 is 1.39. The van der Waals surface area contributed by atoms with E-state index >= 15 is 0 Å². The summed E-state index contributed by atoms with van der Waals surface area (Å²) in [5, 5.41) is 7.59. The van der Waals surface area contributed by atoms with Gasteiger partial charge < -0.3 is 20.3 Å². The van der Waals surface area contributed by atoms with E-state index in [0.29, 0.717) is 34.7 Å². The van der Waals surface area contributed by atoms with Gasteiger partial charge in [0.2, 0.25) is 34.1 Å². The van der Waals surface area contributed by atoms with Gasteiger partial charge in [0.25, 0.3) is 5.91 Å². The first-order chi connectivity index (χ1) is 28.1. The standard InChI is InChI=1S/C42H49F2N7O6S2/c1-41(2,3)34-38(53)51-22-27(20-32(51)36(52)49-42(21-29(42)35(43)44)39(54)50-59(55,56)28-17-18-28)57-37-33(46-30-15-8-9-16-31(30)47-37)25-13-10-12-24(19-25)11-6-4-5-7-14-26-23-58-40(45-26)48-34/h8-10,12-13,15-16,19,23,27-29,32,34-35H,4-7,11,14,17-18,20-22H2,1-3H3,(H,45,48)(H,49,52)(H,50,54)/t27-,29+,32+,34-,42-/m1/s1. The van der Waals surface area contributed by atoms with Gasteiger partial charge in [0.1, 0.15) is 29.4 Å². The number of hydrogen-bond acceptors (Lipinski definition) is 11. The molecule has 1 saturated heterocycles. The monoisotopic (exact) mass is 849 g/mol. The molecule has 4 heterocycles. The zero-order chi connectivity index (χ0) is 41.7. The van der Waals surface area contributed by atoms with Crippen LogP contribution in [0.5, 0.6) is 5.88 Å². The molecule has 13 nitrogen and oxygen atoms in total. The third-order valence-corrected chi connectivity index (χ3v) is 14.4. The molecule has 0 unspecified atom stereocenters. The number of nitrogens with one attached hydrogen (secondary N) is 3. The van der Waals surface area contributed by atoms with Crippen LogP contribution in [-0.4, -0.2) is 87.9 Å². The zero-order valence-corrected chi connectivity index (χ0v) is 34.9. The molecule has 17 heteroatoms. The molecular weight excluding hydrogens is 801 g/mol. The minimum absolute atomic E-state index is 0.0821. The Morgan fingerprint density at radius 2 is 1.73 bits per heavy atom. The number of anilines is 1. The highest BCUT2D eigenvalue weighted by molar-refractivity contribution is 7.91. The molecule has 2 aromatic heterocycles. The number of ether oxygens (including phenoxy) is 1. The summed E-state index contributed by atoms with van der Waals surface area (Å²) in [5.74, 6) is -3.96. The quantitative estimate of drug-likeness (QED) is 0.208. The van der Waals surface area contributed by atoms with E-state index in [9.17, 15) is 31.6 Å². The van der Waals surface area contributed by atoms with E-state index in [1.807, 2.05) is 67.3 Å². The lowest BCUT2D eigenvalue weighted by molar-refractivity contribution is -0.141. The number of sulfonamides is 1. The number of thiazole rings is 1. The Morgan fingerprint density at radius 3 is 2.42 bits per heavy atom. The summed E-state index contributed by atoms with van der Waals surface area (Å²) in [5.41, 5.74) is 1.69. The van der Waals surface area contributed by atoms with Gasteiger partial charge >= 0.3 is 0 Å². The lowest BCUT2D eigenvalue weighted by Crippen LogP contribution is -2.59. The van der Waals surface area contributed by atoms with Crippen LogP contribution < -0.4 is 20.1 Å². The largest absolute Gasteiger partial charge is 0.471 e. The third kappa shape index (κ3) is 8.77. The summed E-state index contributed by atoms with van der Waals surface area (Å²) < 4.78 is 62.7. The Hall–Kier alpha value is -4.77. The minimum Gasteiger partial charge on any atom is -0.471 e. The highest BCUT2D eigenvalue weighted by Crippen LogP contribution is 2.48. The topological polar surface area (TPSA) is 173 Å². The van der Waals surface area contributed by atoms with Crippen LogP contribution in [0, 0.1) is 11.3 Å². The van der Waals surface area contributed by atoms with Gasteiger partial charge in [0.15, 0.2) is 5.13 Å². The van der Waals surface area contributed by atoms with Crippen molar-refractivity contribution in [3.8, 4) is 17.1 Å². The van der Waals surface area contributed by atoms with Gasteiger partial charge in [0.05, 0.1) is 34.4 Å². The second kappa shape index (κ2) is 16.0. The second-order valence-corrected chi connectivity index (χ2v) is 20.2. The lowest BCUT2D eigenvalue weighted by Gasteiger charge is -2.35. The SMILES string of the molecule is CC(C)(C)[C@@H]1Nc2nc(cs2)CCCCCCc2cccc(c2)-c2nc3ccccc3nc2O[C@@H]2C[C@@H](C(=O)N[C@]3(C(=O)NS(=O)(=O)C4CC4)C[C@H]3C(F)F)N(C2)C1=O. The van der Waals surface area contributed by atoms with E-state index in [4.69, 9.17) is 19.7 Å². The first kappa shape index (κ1) is 41.0. The van der Waals surface area contributed by atoms with E-state index in [0.717, 1.165) is 55.3 Å². The maximum atomic E-state index is 14.9. The molecule has 2 aliphatic carbocycles. The van der Waals surface area contributed by atoms with Crippen LogP contribution in [0.2, 0.25) is 0 Å². The predicted molar refractivity (Wildman–Crippen MR) is 219 cm³/mol. The Bertz CT molecular complexity index is 2370. The van der Waals surface area contributed by atoms with Crippen LogP contribution in [0.3, 0.4) is 0 Å². The van der Waals surface area contributed by atoms with Crippen molar-refractivity contribution in [3.05, 3.63) is 65.2 Å². The van der Waals surface area contributed by atoms with Crippen LogP contribution in [0.25, 0.3) is 22.3 Å². The third-order valence-electron chi connectivity index (χ3n) is 11.7. The second-order valence-electron chi connectivity index (χ2n) is 17.3. The first-order valence-electron chi connectivity index (χ1n) is 20.3. The predicted octanol–water partition coefficient (Wildman–Crippen LogP) is 6.04. The number of aromatic nitrogens is 3. The van der Waals surface area contributed by atoms with E-state index in [2.05, 4.69) is 22.8 Å². The van der Waals surface area contributed by atoms with Gasteiger partial charge in [-0.2, -0.15) is 0 Å². The van der Waals surface area contributed by atoms with Gasteiger partial charge in [-0.15, -0.1) is 11.3 Å². The number of aryl methyl sites for hydroxylation is 2. The molecule has 3 N–H and O–H groups in total. The van der Waals surface area contributed by atoms with Gasteiger partial charge in [0, 0.05) is 17.4 Å². The average molecular weight is 850 g/mol. The molecular formula is C42H49F2N7O6S2. The van der Waals surface area contributed by atoms with Gasteiger partial charge in [-0.3, -0.25) is 19.1 Å². The normalized spacial score (nSPS) is 25.3. The summed E-state index contributed by atoms with van der Waals surface area (Å²) in [7, 11) is -4.11. The number of rotatable bonds is 6. The zero-order valence-electron chi connectivity index (χ0n) is 33.2. The molecule has 6 bridgehead atoms. The van der Waals surface area contributed by atoms with Crippen molar-refractivity contribution in [2.45, 2.75) is 120 Å². The van der Waals surface area contributed by atoms with Crippen LogP contribution in [0.1, 0.15) is 83.4 Å². The van der Waals surface area contributed by atoms with Gasteiger partial charge in [-0.05, 0) is 74.1 Å². The maximum Gasteiger partial charge on any atom is 0.259 e. The van der Waals surface area contributed by atoms with Gasteiger partial charge in [-0.1, -0.05) is 63.9 Å². The molecule has 2 aromatic carbocycles. The van der Waals surface area contributed by atoms with E-state index in [-0.39, 0.29) is 18.8 Å². The van der Waals surface area contributed by atoms with Gasteiger partial charge in [-0.25, -0.2) is 32.2 Å². The summed E-state index contributed by atoms with van der Waals surface area (Å²) in [6.45, 7) is 5.58. The number of fused-ring (bicyclic) bond motifs is 9.